The maximum atomic E-state index is 11.4. The van der Waals surface area contributed by atoms with Gasteiger partial charge in [-0.2, -0.15) is 0 Å². The van der Waals surface area contributed by atoms with E-state index in [0.717, 1.165) is 19.3 Å². The van der Waals surface area contributed by atoms with E-state index in [2.05, 4.69) is 12.1 Å². The summed E-state index contributed by atoms with van der Waals surface area (Å²) in [5.41, 5.74) is 1.23. The zero-order valence-corrected chi connectivity index (χ0v) is 12.7. The number of carbonyl (C=O) groups is 1. The van der Waals surface area contributed by atoms with Crippen LogP contribution in [0.4, 0.5) is 0 Å². The van der Waals surface area contributed by atoms with Crippen LogP contribution in [0.25, 0.3) is 0 Å². The number of benzene rings is 1. The Labute approximate surface area is 131 Å². The third-order valence-corrected chi connectivity index (χ3v) is 5.12. The van der Waals surface area contributed by atoms with Crippen molar-refractivity contribution in [1.82, 2.24) is 0 Å². The lowest BCUT2D eigenvalue weighted by atomic mass is 9.87. The van der Waals surface area contributed by atoms with Gasteiger partial charge in [0.05, 0.1) is 18.6 Å². The third kappa shape index (κ3) is 3.50. The SMILES string of the molecule is O=C1C[C@@H]2C(CC(O)C2CCC(O)CCc2ccccc2)O1. The second-order valence-electron chi connectivity index (χ2n) is 6.62. The molecule has 1 saturated carbocycles. The lowest BCUT2D eigenvalue weighted by Gasteiger charge is -2.20. The fourth-order valence-corrected chi connectivity index (χ4v) is 3.89. The molecule has 2 fully saturated rings. The highest BCUT2D eigenvalue weighted by atomic mass is 16.6. The summed E-state index contributed by atoms with van der Waals surface area (Å²) in [6.45, 7) is 0. The van der Waals surface area contributed by atoms with E-state index < -0.39 is 6.10 Å². The Bertz CT molecular complexity index is 501. The highest BCUT2D eigenvalue weighted by molar-refractivity contribution is 5.72. The van der Waals surface area contributed by atoms with Gasteiger partial charge in [0.2, 0.25) is 0 Å². The van der Waals surface area contributed by atoms with Crippen LogP contribution in [0.5, 0.6) is 0 Å². The summed E-state index contributed by atoms with van der Waals surface area (Å²) >= 11 is 0. The second kappa shape index (κ2) is 6.80. The first kappa shape index (κ1) is 15.5. The van der Waals surface area contributed by atoms with Crippen LogP contribution in [0.1, 0.15) is 37.7 Å². The molecule has 1 heterocycles. The summed E-state index contributed by atoms with van der Waals surface area (Å²) < 4.78 is 5.24. The first-order chi connectivity index (χ1) is 10.6. The van der Waals surface area contributed by atoms with Gasteiger partial charge in [0, 0.05) is 12.3 Å². The van der Waals surface area contributed by atoms with Crippen molar-refractivity contribution in [2.45, 2.75) is 56.8 Å². The number of rotatable bonds is 6. The minimum atomic E-state index is -0.399. The van der Waals surface area contributed by atoms with E-state index in [9.17, 15) is 15.0 Å². The molecule has 4 unspecified atom stereocenters. The van der Waals surface area contributed by atoms with Crippen molar-refractivity contribution in [2.24, 2.45) is 11.8 Å². The van der Waals surface area contributed by atoms with E-state index in [1.165, 1.54) is 5.56 Å². The van der Waals surface area contributed by atoms with Crippen LogP contribution in [-0.4, -0.2) is 34.5 Å². The number of fused-ring (bicyclic) bond motifs is 1. The van der Waals surface area contributed by atoms with Crippen molar-refractivity contribution < 1.29 is 19.7 Å². The molecular formula is C18H24O4. The summed E-state index contributed by atoms with van der Waals surface area (Å²) in [6.07, 6.45) is 3.15. The molecule has 1 saturated heterocycles. The van der Waals surface area contributed by atoms with Crippen LogP contribution >= 0.6 is 0 Å². The van der Waals surface area contributed by atoms with Crippen molar-refractivity contribution in [3.05, 3.63) is 35.9 Å². The standard InChI is InChI=1S/C18H24O4/c19-13(7-6-12-4-2-1-3-5-12)8-9-14-15-10-18(21)22-17(15)11-16(14)20/h1-5,13-17,19-20H,6-11H2/t13?,14?,15-,16?,17?/m0/s1. The van der Waals surface area contributed by atoms with Gasteiger partial charge in [-0.05, 0) is 37.2 Å². The van der Waals surface area contributed by atoms with Gasteiger partial charge < -0.3 is 14.9 Å². The molecule has 1 aliphatic carbocycles. The highest BCUT2D eigenvalue weighted by Crippen LogP contribution is 2.43. The number of hydrogen-bond acceptors (Lipinski definition) is 4. The average molecular weight is 304 g/mol. The van der Waals surface area contributed by atoms with Crippen molar-refractivity contribution in [3.8, 4) is 0 Å². The Hall–Kier alpha value is -1.39. The zero-order chi connectivity index (χ0) is 15.5. The van der Waals surface area contributed by atoms with Gasteiger partial charge >= 0.3 is 5.97 Å². The second-order valence-corrected chi connectivity index (χ2v) is 6.62. The van der Waals surface area contributed by atoms with Crippen LogP contribution in [-0.2, 0) is 16.0 Å². The number of carbonyl (C=O) groups excluding carboxylic acids is 1. The molecule has 120 valence electrons. The monoisotopic (exact) mass is 304 g/mol. The van der Waals surface area contributed by atoms with E-state index >= 15 is 0 Å². The predicted octanol–water partition coefficient (Wildman–Crippen LogP) is 2.07. The number of aliphatic hydroxyl groups excluding tert-OH is 2. The molecule has 5 atom stereocenters. The van der Waals surface area contributed by atoms with Gasteiger partial charge in [0.15, 0.2) is 0 Å². The molecule has 0 spiro atoms. The first-order valence-corrected chi connectivity index (χ1v) is 8.23. The van der Waals surface area contributed by atoms with Crippen LogP contribution in [0.3, 0.4) is 0 Å². The van der Waals surface area contributed by atoms with E-state index in [1.807, 2.05) is 18.2 Å². The quantitative estimate of drug-likeness (QED) is 0.790. The van der Waals surface area contributed by atoms with Crippen LogP contribution in [0.15, 0.2) is 30.3 Å². The van der Waals surface area contributed by atoms with Crippen molar-refractivity contribution in [2.75, 3.05) is 0 Å². The van der Waals surface area contributed by atoms with E-state index in [4.69, 9.17) is 4.74 Å². The van der Waals surface area contributed by atoms with Gasteiger partial charge in [-0.25, -0.2) is 0 Å². The van der Waals surface area contributed by atoms with Crippen LogP contribution in [0, 0.1) is 11.8 Å². The smallest absolute Gasteiger partial charge is 0.306 e. The Morgan fingerprint density at radius 1 is 1.23 bits per heavy atom. The molecule has 22 heavy (non-hydrogen) atoms. The van der Waals surface area contributed by atoms with Gasteiger partial charge in [0.1, 0.15) is 6.10 Å². The fourth-order valence-electron chi connectivity index (χ4n) is 3.89. The van der Waals surface area contributed by atoms with Gasteiger partial charge in [-0.15, -0.1) is 0 Å². The average Bonchev–Trinajstić information content (AvgIpc) is 2.99. The Balaban J connectivity index is 1.44. The lowest BCUT2D eigenvalue weighted by Crippen LogP contribution is -2.22. The van der Waals surface area contributed by atoms with Crippen molar-refractivity contribution in [3.63, 3.8) is 0 Å². The zero-order valence-electron chi connectivity index (χ0n) is 12.7. The van der Waals surface area contributed by atoms with Crippen molar-refractivity contribution in [1.29, 1.82) is 0 Å². The molecule has 1 aromatic carbocycles. The summed E-state index contributed by atoms with van der Waals surface area (Å²) in [5, 5.41) is 20.3. The molecule has 0 radical (unpaired) electrons. The first-order valence-electron chi connectivity index (χ1n) is 8.23. The number of hydrogen-bond donors (Lipinski definition) is 2. The maximum Gasteiger partial charge on any atom is 0.306 e. The van der Waals surface area contributed by atoms with E-state index in [0.29, 0.717) is 19.3 Å². The van der Waals surface area contributed by atoms with E-state index in [1.54, 1.807) is 0 Å². The number of aryl methyl sites for hydroxylation is 1. The fraction of sp³-hybridized carbons (Fsp3) is 0.611. The molecule has 2 N–H and O–H groups in total. The molecule has 1 aromatic rings. The molecule has 4 nitrogen and oxygen atoms in total. The minimum Gasteiger partial charge on any atom is -0.462 e. The molecule has 0 bridgehead atoms. The minimum absolute atomic E-state index is 0.0859. The topological polar surface area (TPSA) is 66.8 Å². The normalized spacial score (nSPS) is 31.8. The molecule has 0 aromatic heterocycles. The highest BCUT2D eigenvalue weighted by Gasteiger charge is 2.49. The third-order valence-electron chi connectivity index (χ3n) is 5.12. The van der Waals surface area contributed by atoms with E-state index in [-0.39, 0.29) is 30.0 Å². The summed E-state index contributed by atoms with van der Waals surface area (Å²) in [4.78, 5) is 11.4. The molecule has 2 aliphatic rings. The summed E-state index contributed by atoms with van der Waals surface area (Å²) in [5.74, 6) is 0.0863. The molecule has 3 rings (SSSR count). The lowest BCUT2D eigenvalue weighted by molar-refractivity contribution is -0.141. The van der Waals surface area contributed by atoms with Crippen LogP contribution in [0.2, 0.25) is 0 Å². The number of esters is 1. The summed E-state index contributed by atoms with van der Waals surface area (Å²) in [6, 6.07) is 10.1. The largest absolute Gasteiger partial charge is 0.462 e. The Morgan fingerprint density at radius 2 is 2.00 bits per heavy atom. The molecule has 4 heteroatoms. The Kier molecular flexibility index (Phi) is 4.79. The maximum absolute atomic E-state index is 11.4. The predicted molar refractivity (Wildman–Crippen MR) is 82.1 cm³/mol. The number of aliphatic hydroxyl groups is 2. The summed E-state index contributed by atoms with van der Waals surface area (Å²) in [7, 11) is 0. The van der Waals surface area contributed by atoms with Gasteiger partial charge in [0.25, 0.3) is 0 Å². The van der Waals surface area contributed by atoms with Crippen molar-refractivity contribution >= 4 is 5.97 Å². The van der Waals surface area contributed by atoms with Gasteiger partial charge in [-0.3, -0.25) is 4.79 Å². The molecular weight excluding hydrogens is 280 g/mol. The molecule has 1 aliphatic heterocycles. The molecule has 0 amide bonds. The van der Waals surface area contributed by atoms with Gasteiger partial charge in [-0.1, -0.05) is 30.3 Å². The Morgan fingerprint density at radius 3 is 2.77 bits per heavy atom. The number of ether oxygens (including phenoxy) is 1. The van der Waals surface area contributed by atoms with Crippen LogP contribution < -0.4 is 0 Å².